The zero-order valence-corrected chi connectivity index (χ0v) is 26.1. The Labute approximate surface area is 262 Å². The number of morpholine rings is 1. The average Bonchev–Trinajstić information content (AvgIpc) is 3.35. The number of carbonyl (C=O) groups excluding carboxylic acids is 2. The van der Waals surface area contributed by atoms with Gasteiger partial charge in [0, 0.05) is 45.0 Å². The lowest BCUT2D eigenvalue weighted by molar-refractivity contribution is -0.116. The molecule has 1 aliphatic rings. The topological polar surface area (TPSA) is 161 Å². The highest BCUT2D eigenvalue weighted by Gasteiger charge is 2.24. The summed E-state index contributed by atoms with van der Waals surface area (Å²) in [5, 5.41) is 13.5. The van der Waals surface area contributed by atoms with Crippen LogP contribution in [0, 0.1) is 0 Å². The normalized spacial score (nSPS) is 15.0. The van der Waals surface area contributed by atoms with E-state index in [0.717, 1.165) is 0 Å². The van der Waals surface area contributed by atoms with Gasteiger partial charge in [-0.15, -0.1) is 0 Å². The molecule has 1 atom stereocenters. The van der Waals surface area contributed by atoms with Gasteiger partial charge in [-0.1, -0.05) is 23.2 Å². The lowest BCUT2D eigenvalue weighted by Gasteiger charge is -2.34. The molecular weight excluding hydrogens is 611 g/mol. The first kappa shape index (κ1) is 31.1. The number of halogens is 2. The number of fused-ring (bicyclic) bond motifs is 1. The first-order chi connectivity index (χ1) is 20.9. The van der Waals surface area contributed by atoms with E-state index in [1.54, 1.807) is 35.8 Å². The number of pyridine rings is 1. The van der Waals surface area contributed by atoms with Crippen LogP contribution in [0.1, 0.15) is 24.2 Å². The number of hydrogen-bond donors (Lipinski definition) is 3. The molecular formula is C29H32Cl2N8O5. The van der Waals surface area contributed by atoms with Crippen LogP contribution in [0.3, 0.4) is 0 Å². The fourth-order valence-corrected chi connectivity index (χ4v) is 5.53. The largest absolute Gasteiger partial charge is 0.506 e. The summed E-state index contributed by atoms with van der Waals surface area (Å²) in [5.74, 6) is -0.756. The third-order valence-corrected chi connectivity index (χ3v) is 8.21. The minimum atomic E-state index is -0.896. The van der Waals surface area contributed by atoms with Crippen LogP contribution in [0.15, 0.2) is 35.4 Å². The number of aromatic nitrogens is 4. The van der Waals surface area contributed by atoms with E-state index < -0.39 is 17.6 Å². The Balaban J connectivity index is 1.58. The Morgan fingerprint density at radius 2 is 2.00 bits per heavy atom. The number of carbonyl (C=O) groups is 2. The van der Waals surface area contributed by atoms with Gasteiger partial charge < -0.3 is 35.3 Å². The van der Waals surface area contributed by atoms with Gasteiger partial charge in [0.2, 0.25) is 11.9 Å². The molecule has 3 aromatic heterocycles. The van der Waals surface area contributed by atoms with Crippen molar-refractivity contribution in [2.45, 2.75) is 26.4 Å². The van der Waals surface area contributed by atoms with Crippen LogP contribution in [0.25, 0.3) is 22.2 Å². The highest BCUT2D eigenvalue weighted by molar-refractivity contribution is 6.34. The Morgan fingerprint density at radius 3 is 2.68 bits per heavy atom. The first-order valence-electron chi connectivity index (χ1n) is 13.8. The molecule has 232 valence electrons. The zero-order chi connectivity index (χ0) is 31.9. The second kappa shape index (κ2) is 12.3. The summed E-state index contributed by atoms with van der Waals surface area (Å²) in [5.41, 5.74) is 6.17. The molecule has 4 heterocycles. The molecule has 0 spiro atoms. The van der Waals surface area contributed by atoms with E-state index >= 15 is 0 Å². The van der Waals surface area contributed by atoms with Gasteiger partial charge in [-0.2, -0.15) is 4.98 Å². The van der Waals surface area contributed by atoms with Crippen molar-refractivity contribution in [3.63, 3.8) is 0 Å². The molecule has 1 unspecified atom stereocenters. The van der Waals surface area contributed by atoms with Gasteiger partial charge in [-0.3, -0.25) is 19.0 Å². The Kier molecular flexibility index (Phi) is 8.73. The minimum absolute atomic E-state index is 0.0956. The number of anilines is 3. The number of hydrogen-bond acceptors (Lipinski definition) is 9. The van der Waals surface area contributed by atoms with Crippen molar-refractivity contribution in [1.29, 1.82) is 0 Å². The van der Waals surface area contributed by atoms with Gasteiger partial charge in [0.25, 0.3) is 11.5 Å². The Morgan fingerprint density at radius 1 is 1.25 bits per heavy atom. The molecule has 4 N–H and O–H groups in total. The lowest BCUT2D eigenvalue weighted by Crippen LogP contribution is -2.44. The quantitative estimate of drug-likeness (QED) is 0.262. The minimum Gasteiger partial charge on any atom is -0.506 e. The summed E-state index contributed by atoms with van der Waals surface area (Å²) in [4.78, 5) is 52.3. The number of phenols is 1. The van der Waals surface area contributed by atoms with Crippen LogP contribution >= 0.6 is 23.2 Å². The summed E-state index contributed by atoms with van der Waals surface area (Å²) in [7, 11) is 3.40. The number of nitrogens with two attached hydrogens (primary N) is 1. The summed E-state index contributed by atoms with van der Waals surface area (Å²) in [6.07, 6.45) is 3.07. The van der Waals surface area contributed by atoms with Crippen molar-refractivity contribution in [2.75, 3.05) is 48.5 Å². The predicted octanol–water partition coefficient (Wildman–Crippen LogP) is 3.23. The van der Waals surface area contributed by atoms with Gasteiger partial charge in [-0.05, 0) is 31.5 Å². The molecule has 4 aromatic rings. The van der Waals surface area contributed by atoms with E-state index in [-0.39, 0.29) is 44.8 Å². The van der Waals surface area contributed by atoms with Gasteiger partial charge in [0.15, 0.2) is 5.65 Å². The summed E-state index contributed by atoms with van der Waals surface area (Å²) in [6, 6.07) is 4.57. The number of amides is 2. The predicted molar refractivity (Wildman–Crippen MR) is 170 cm³/mol. The maximum Gasteiger partial charge on any atom is 0.264 e. The number of benzene rings is 1. The van der Waals surface area contributed by atoms with E-state index in [1.165, 1.54) is 22.9 Å². The Hall–Kier alpha value is -4.33. The van der Waals surface area contributed by atoms with Crippen molar-refractivity contribution in [1.82, 2.24) is 19.1 Å². The SMILES string of the molecule is CCN(C)c1nc2c(c(-c3cc(Cl)c(O)c(C(N)=O)c3)cn2CC(=O)Nc2cc(N3CCOCC3C)ncc2Cl)c(=O)n1C. The van der Waals surface area contributed by atoms with E-state index in [4.69, 9.17) is 38.7 Å². The monoisotopic (exact) mass is 642 g/mol. The standard InChI is InChI=1S/C29H32Cl2N8O5/c1-5-36(3)29-35-27-24(28(43)37(29)4)18(16-8-17(26(32)42)25(41)19(30)9-16)12-38(27)13-23(40)34-21-10-22(33-11-20(21)31)39-6-7-44-14-15(39)2/h8-12,15,41H,5-7,13-14H2,1-4H3,(H2,32,42)(H,33,34,40). The highest BCUT2D eigenvalue weighted by atomic mass is 35.5. The summed E-state index contributed by atoms with van der Waals surface area (Å²) in [6.45, 7) is 6.05. The molecule has 0 saturated carbocycles. The van der Waals surface area contributed by atoms with Crippen molar-refractivity contribution < 1.29 is 19.4 Å². The average molecular weight is 644 g/mol. The van der Waals surface area contributed by atoms with Crippen LogP contribution in [0.4, 0.5) is 17.5 Å². The van der Waals surface area contributed by atoms with E-state index in [9.17, 15) is 19.5 Å². The number of primary amides is 1. The van der Waals surface area contributed by atoms with Gasteiger partial charge >= 0.3 is 0 Å². The fraction of sp³-hybridized carbons (Fsp3) is 0.345. The molecule has 0 aliphatic carbocycles. The third kappa shape index (κ3) is 5.77. The number of aromatic hydroxyl groups is 1. The van der Waals surface area contributed by atoms with Crippen molar-refractivity contribution in [3.05, 3.63) is 56.6 Å². The molecule has 1 fully saturated rings. The van der Waals surface area contributed by atoms with Crippen LogP contribution in [0.2, 0.25) is 10.0 Å². The number of nitrogens with one attached hydrogen (secondary N) is 1. The lowest BCUT2D eigenvalue weighted by atomic mass is 10.0. The second-order valence-electron chi connectivity index (χ2n) is 10.6. The van der Waals surface area contributed by atoms with Crippen LogP contribution in [0.5, 0.6) is 5.75 Å². The smallest absolute Gasteiger partial charge is 0.264 e. The first-order valence-corrected chi connectivity index (χ1v) is 14.6. The number of ether oxygens (including phenoxy) is 1. The van der Waals surface area contributed by atoms with Crippen LogP contribution < -0.4 is 26.4 Å². The van der Waals surface area contributed by atoms with Gasteiger partial charge in [0.05, 0.1) is 52.1 Å². The van der Waals surface area contributed by atoms with E-state index in [2.05, 4.69) is 15.2 Å². The molecule has 0 radical (unpaired) electrons. The van der Waals surface area contributed by atoms with Crippen molar-refractivity contribution in [2.24, 2.45) is 12.8 Å². The van der Waals surface area contributed by atoms with Gasteiger partial charge in [-0.25, -0.2) is 4.98 Å². The molecule has 15 heteroatoms. The number of nitrogens with zero attached hydrogens (tertiary/aromatic N) is 6. The maximum absolute atomic E-state index is 13.8. The Bertz CT molecular complexity index is 1840. The van der Waals surface area contributed by atoms with Crippen molar-refractivity contribution >= 4 is 63.5 Å². The molecule has 13 nitrogen and oxygen atoms in total. The molecule has 5 rings (SSSR count). The fourth-order valence-electron chi connectivity index (χ4n) is 5.16. The maximum atomic E-state index is 13.8. The second-order valence-corrected chi connectivity index (χ2v) is 11.4. The molecule has 0 bridgehead atoms. The molecule has 44 heavy (non-hydrogen) atoms. The van der Waals surface area contributed by atoms with E-state index in [1.807, 2.05) is 13.8 Å². The molecule has 1 saturated heterocycles. The summed E-state index contributed by atoms with van der Waals surface area (Å²) >= 11 is 12.6. The van der Waals surface area contributed by atoms with Crippen LogP contribution in [-0.2, 0) is 23.1 Å². The molecule has 1 aliphatic heterocycles. The van der Waals surface area contributed by atoms with Gasteiger partial charge in [0.1, 0.15) is 18.1 Å². The number of rotatable bonds is 8. The molecule has 1 aromatic carbocycles. The van der Waals surface area contributed by atoms with Crippen LogP contribution in [-0.4, -0.2) is 75.4 Å². The zero-order valence-electron chi connectivity index (χ0n) is 24.6. The molecule has 2 amide bonds. The van der Waals surface area contributed by atoms with Crippen molar-refractivity contribution in [3.8, 4) is 16.9 Å². The highest BCUT2D eigenvalue weighted by Crippen LogP contribution is 2.36. The third-order valence-electron chi connectivity index (χ3n) is 7.62. The van der Waals surface area contributed by atoms with E-state index in [0.29, 0.717) is 54.9 Å². The summed E-state index contributed by atoms with van der Waals surface area (Å²) < 4.78 is 8.47.